The van der Waals surface area contributed by atoms with Gasteiger partial charge in [-0.3, -0.25) is 0 Å². The second-order valence-corrected chi connectivity index (χ2v) is 5.84. The zero-order chi connectivity index (χ0) is 14.5. The van der Waals surface area contributed by atoms with Gasteiger partial charge >= 0.3 is 6.02 Å². The van der Waals surface area contributed by atoms with E-state index in [1.165, 1.54) is 11.1 Å². The molecule has 0 bridgehead atoms. The minimum Gasteiger partial charge on any atom is -0.431 e. The van der Waals surface area contributed by atoms with Crippen molar-refractivity contribution >= 4 is 41.0 Å². The van der Waals surface area contributed by atoms with Crippen LogP contribution in [0.1, 0.15) is 17.2 Å². The van der Waals surface area contributed by atoms with Crippen LogP contribution >= 0.6 is 22.6 Å². The molecule has 0 aromatic heterocycles. The second kappa shape index (κ2) is 6.90. The van der Waals surface area contributed by atoms with Crippen molar-refractivity contribution in [2.75, 3.05) is 7.11 Å². The zero-order valence-corrected chi connectivity index (χ0v) is 13.9. The van der Waals surface area contributed by atoms with Gasteiger partial charge in [-0.2, -0.15) is 0 Å². The Kier molecular flexibility index (Phi) is 5.19. The third kappa shape index (κ3) is 3.40. The van der Waals surface area contributed by atoms with Crippen LogP contribution in [0.25, 0.3) is 0 Å². The van der Waals surface area contributed by atoms with Gasteiger partial charge in [0.05, 0.1) is 7.11 Å². The molecule has 20 heavy (non-hydrogen) atoms. The van der Waals surface area contributed by atoms with Gasteiger partial charge < -0.3 is 4.74 Å². The van der Waals surface area contributed by atoms with Crippen LogP contribution in [0.4, 0.5) is 0 Å². The summed E-state index contributed by atoms with van der Waals surface area (Å²) in [6.07, 6.45) is 0. The quantitative estimate of drug-likeness (QED) is 0.371. The van der Waals surface area contributed by atoms with E-state index in [0.29, 0.717) is 0 Å². The maximum Gasteiger partial charge on any atom is 0.503 e. The van der Waals surface area contributed by atoms with E-state index in [1.807, 2.05) is 54.6 Å². The molecule has 0 radical (unpaired) electrons. The fourth-order valence-electron chi connectivity index (χ4n) is 1.95. The van der Waals surface area contributed by atoms with Gasteiger partial charge in [0.2, 0.25) is 0 Å². The summed E-state index contributed by atoms with van der Waals surface area (Å²) >= 11 is 7.63. The molecule has 0 amide bonds. The number of methoxy groups -OCH3 is 1. The van der Waals surface area contributed by atoms with Gasteiger partial charge in [0.1, 0.15) is 12.4 Å². The predicted molar refractivity (Wildman–Crippen MR) is 89.8 cm³/mol. The fraction of sp³-hybridized carbons (Fsp3) is 0.133. The van der Waals surface area contributed by atoms with E-state index in [9.17, 15) is 0 Å². The Morgan fingerprint density at radius 3 is 2.20 bits per heavy atom. The Morgan fingerprint density at radius 2 is 1.65 bits per heavy atom. The number of benzene rings is 2. The van der Waals surface area contributed by atoms with Crippen molar-refractivity contribution in [2.45, 2.75) is 6.04 Å². The molecular formula is C15H14IN2OS+. The summed E-state index contributed by atoms with van der Waals surface area (Å²) in [6, 6.07) is 17.8. The van der Waals surface area contributed by atoms with Crippen LogP contribution in [-0.4, -0.2) is 17.1 Å². The number of halogens is 1. The molecule has 0 spiro atoms. The lowest BCUT2D eigenvalue weighted by Crippen LogP contribution is -2.25. The Hall–Kier alpha value is -1.34. The van der Waals surface area contributed by atoms with E-state index in [0.717, 1.165) is 14.7 Å². The molecule has 0 aliphatic carbocycles. The van der Waals surface area contributed by atoms with Crippen LogP contribution in [0.15, 0.2) is 54.6 Å². The maximum absolute atomic E-state index is 7.81. The van der Waals surface area contributed by atoms with Crippen molar-refractivity contribution in [1.29, 1.82) is 5.41 Å². The van der Waals surface area contributed by atoms with E-state index < -0.39 is 0 Å². The predicted octanol–water partition coefficient (Wildman–Crippen LogP) is 3.70. The molecular weight excluding hydrogens is 383 g/mol. The molecule has 0 heterocycles. The van der Waals surface area contributed by atoms with Gasteiger partial charge in [-0.05, 0) is 34.7 Å². The maximum atomic E-state index is 7.81. The van der Waals surface area contributed by atoms with E-state index in [2.05, 4.69) is 22.6 Å². The number of amidine groups is 1. The van der Waals surface area contributed by atoms with Crippen molar-refractivity contribution in [3.63, 3.8) is 0 Å². The first-order chi connectivity index (χ1) is 9.63. The molecule has 0 fully saturated rings. The molecule has 1 atom stereocenters. The largest absolute Gasteiger partial charge is 0.503 e. The first-order valence-electron chi connectivity index (χ1n) is 6.03. The average Bonchev–Trinajstić information content (AvgIpc) is 2.49. The highest BCUT2D eigenvalue weighted by atomic mass is 127. The van der Waals surface area contributed by atoms with Crippen molar-refractivity contribution in [1.82, 2.24) is 0 Å². The number of ether oxygens (including phenoxy) is 1. The van der Waals surface area contributed by atoms with Crippen molar-refractivity contribution < 1.29 is 8.68 Å². The lowest BCUT2D eigenvalue weighted by molar-refractivity contribution is -0.437. The minimum atomic E-state index is -0.212. The Labute approximate surface area is 137 Å². The van der Waals surface area contributed by atoms with Crippen molar-refractivity contribution in [3.05, 3.63) is 69.3 Å². The average molecular weight is 397 g/mol. The van der Waals surface area contributed by atoms with E-state index in [1.54, 1.807) is 0 Å². The molecule has 3 nitrogen and oxygen atoms in total. The highest BCUT2D eigenvalue weighted by molar-refractivity contribution is 14.1. The molecule has 5 heteroatoms. The van der Waals surface area contributed by atoms with Gasteiger partial charge in [-0.25, -0.2) is 0 Å². The summed E-state index contributed by atoms with van der Waals surface area (Å²) in [6.45, 7) is 0. The molecule has 2 rings (SSSR count). The topological polar surface area (TPSA) is 36.1 Å². The van der Waals surface area contributed by atoms with Crippen LogP contribution in [-0.2, 0) is 17.2 Å². The highest BCUT2D eigenvalue weighted by Crippen LogP contribution is 2.26. The van der Waals surface area contributed by atoms with E-state index in [-0.39, 0.29) is 12.1 Å². The molecule has 1 unspecified atom stereocenters. The monoisotopic (exact) mass is 397 g/mol. The molecule has 1 N–H and O–H groups in total. The van der Waals surface area contributed by atoms with E-state index in [4.69, 9.17) is 22.6 Å². The molecule has 0 aliphatic heterocycles. The smallest absolute Gasteiger partial charge is 0.431 e. The third-order valence-electron chi connectivity index (χ3n) is 2.93. The number of nitrogens with zero attached hydrogens (tertiary/aromatic N) is 1. The summed E-state index contributed by atoms with van der Waals surface area (Å²) in [5.74, 6) is 0. The van der Waals surface area contributed by atoms with Crippen molar-refractivity contribution in [2.24, 2.45) is 0 Å². The Bertz CT molecular complexity index is 614. The number of hydrogen-bond donors (Lipinski definition) is 1. The molecule has 0 aliphatic rings. The van der Waals surface area contributed by atoms with E-state index >= 15 is 0 Å². The van der Waals surface area contributed by atoms with Gasteiger partial charge in [-0.1, -0.05) is 47.9 Å². The van der Waals surface area contributed by atoms with Crippen molar-refractivity contribution in [3.8, 4) is 0 Å². The summed E-state index contributed by atoms with van der Waals surface area (Å²) in [5.41, 5.74) is 2.07. The van der Waals surface area contributed by atoms with Crippen LogP contribution in [0.2, 0.25) is 0 Å². The standard InChI is InChI=1S/C15H14IN2OS/c1-19-15(17)18(20)14(11-5-3-2-4-6-11)12-7-9-13(16)10-8-12/h2-10,14,17H,1H3/q+1. The highest BCUT2D eigenvalue weighted by Gasteiger charge is 2.27. The van der Waals surface area contributed by atoms with Gasteiger partial charge in [0, 0.05) is 14.7 Å². The lowest BCUT2D eigenvalue weighted by Gasteiger charge is -2.15. The Morgan fingerprint density at radius 1 is 1.10 bits per heavy atom. The summed E-state index contributed by atoms with van der Waals surface area (Å²) in [7, 11) is 1.46. The molecule has 0 saturated heterocycles. The molecule has 102 valence electrons. The summed E-state index contributed by atoms with van der Waals surface area (Å²) in [4.78, 5) is 0. The van der Waals surface area contributed by atoms with Crippen LogP contribution in [0, 0.1) is 8.98 Å². The third-order valence-corrected chi connectivity index (χ3v) is 4.02. The summed E-state index contributed by atoms with van der Waals surface area (Å²) in [5, 5.41) is 7.81. The number of hydrogen-bond acceptors (Lipinski definition) is 3. The number of rotatable bonds is 3. The molecule has 2 aromatic rings. The first-order valence-corrected chi connectivity index (χ1v) is 7.47. The second-order valence-electron chi connectivity index (χ2n) is 4.20. The van der Waals surface area contributed by atoms with Crippen LogP contribution in [0.5, 0.6) is 0 Å². The van der Waals surface area contributed by atoms with Gasteiger partial charge in [0.15, 0.2) is 6.04 Å². The SMILES string of the molecule is COC(=N)[N+](=S)C(c1ccccc1)c1ccc(I)cc1. The normalized spacial score (nSPS) is 11.7. The van der Waals surface area contributed by atoms with Crippen LogP contribution in [0.3, 0.4) is 0 Å². The van der Waals surface area contributed by atoms with Gasteiger partial charge in [-0.15, -0.1) is 3.95 Å². The van der Waals surface area contributed by atoms with Gasteiger partial charge in [0.25, 0.3) is 0 Å². The first kappa shape index (κ1) is 15.1. The number of nitrogens with one attached hydrogen (secondary N) is 1. The zero-order valence-electron chi connectivity index (χ0n) is 10.9. The molecule has 2 aromatic carbocycles. The lowest BCUT2D eigenvalue weighted by atomic mass is 9.99. The minimum absolute atomic E-state index is 0.0348. The molecule has 0 saturated carbocycles. The summed E-state index contributed by atoms with van der Waals surface area (Å²) < 4.78 is 7.54. The van der Waals surface area contributed by atoms with Crippen LogP contribution < -0.4 is 0 Å². The Balaban J connectivity index is 2.47. The fourth-order valence-corrected chi connectivity index (χ4v) is 2.63.